The molecule has 0 saturated carbocycles. The summed E-state index contributed by atoms with van der Waals surface area (Å²) in [5.41, 5.74) is 3.50. The second kappa shape index (κ2) is 9.61. The summed E-state index contributed by atoms with van der Waals surface area (Å²) < 4.78 is 30.1. The molecule has 0 aromatic heterocycles. The van der Waals surface area contributed by atoms with Crippen molar-refractivity contribution < 1.29 is 28.2 Å². The van der Waals surface area contributed by atoms with E-state index >= 15 is 0 Å². The molecule has 0 fully saturated rings. The number of halogens is 2. The maximum atomic E-state index is 12.6. The highest BCUT2D eigenvalue weighted by Crippen LogP contribution is 2.19. The summed E-state index contributed by atoms with van der Waals surface area (Å²) in [6.07, 6.45) is -0.948. The molecule has 0 spiro atoms. The van der Waals surface area contributed by atoms with E-state index in [0.29, 0.717) is 0 Å². The Morgan fingerprint density at radius 1 is 1.33 bits per heavy atom. The number of alkyl halides is 2. The smallest absolute Gasteiger partial charge is 0.407 e. The van der Waals surface area contributed by atoms with Gasteiger partial charge in [-0.1, -0.05) is 36.4 Å². The summed E-state index contributed by atoms with van der Waals surface area (Å²) in [4.78, 5) is 22.1. The van der Waals surface area contributed by atoms with Crippen LogP contribution in [-0.4, -0.2) is 42.3 Å². The van der Waals surface area contributed by atoms with Crippen molar-refractivity contribution in [1.82, 2.24) is 5.32 Å². The Labute approximate surface area is 138 Å². The Morgan fingerprint density at radius 2 is 2.00 bits per heavy atom. The standard InChI is InChI=1S/C16H20F2N2O4/c17-13(18)16(19,14(21)22)9-5-10-20-15(23)24-11-4-8-12-6-2-1-3-7-12/h1-4,6-8,13H,5,9-11,19H2,(H,20,23)(H,21,22). The van der Waals surface area contributed by atoms with Crippen molar-refractivity contribution in [3.05, 3.63) is 42.0 Å². The van der Waals surface area contributed by atoms with Gasteiger partial charge in [-0.25, -0.2) is 18.4 Å². The molecule has 0 heterocycles. The third kappa shape index (κ3) is 6.33. The molecular weight excluding hydrogens is 322 g/mol. The van der Waals surface area contributed by atoms with Crippen molar-refractivity contribution in [3.8, 4) is 0 Å². The number of ether oxygens (including phenoxy) is 1. The van der Waals surface area contributed by atoms with E-state index in [1.807, 2.05) is 30.3 Å². The molecule has 0 bridgehead atoms. The van der Waals surface area contributed by atoms with Gasteiger partial charge >= 0.3 is 12.1 Å². The van der Waals surface area contributed by atoms with Crippen molar-refractivity contribution in [2.24, 2.45) is 5.73 Å². The van der Waals surface area contributed by atoms with Crippen LogP contribution in [0.4, 0.5) is 13.6 Å². The summed E-state index contributed by atoms with van der Waals surface area (Å²) in [5.74, 6) is -1.77. The van der Waals surface area contributed by atoms with Gasteiger partial charge in [-0.2, -0.15) is 0 Å². The zero-order chi connectivity index (χ0) is 18.0. The number of nitrogens with two attached hydrogens (primary N) is 1. The zero-order valence-corrected chi connectivity index (χ0v) is 13.0. The van der Waals surface area contributed by atoms with Crippen LogP contribution in [-0.2, 0) is 9.53 Å². The fraction of sp³-hybridized carbons (Fsp3) is 0.375. The number of hydrogen-bond acceptors (Lipinski definition) is 4. The number of aliphatic carboxylic acids is 1. The van der Waals surface area contributed by atoms with Gasteiger partial charge in [-0.05, 0) is 24.5 Å². The van der Waals surface area contributed by atoms with Crippen LogP contribution in [0.15, 0.2) is 36.4 Å². The van der Waals surface area contributed by atoms with E-state index in [1.54, 1.807) is 12.2 Å². The molecule has 0 aliphatic rings. The van der Waals surface area contributed by atoms with E-state index in [9.17, 15) is 18.4 Å². The number of amides is 1. The van der Waals surface area contributed by atoms with Crippen LogP contribution in [0.3, 0.4) is 0 Å². The van der Waals surface area contributed by atoms with E-state index in [-0.39, 0.29) is 19.6 Å². The Morgan fingerprint density at radius 3 is 2.58 bits per heavy atom. The van der Waals surface area contributed by atoms with E-state index in [4.69, 9.17) is 15.6 Å². The highest BCUT2D eigenvalue weighted by Gasteiger charge is 2.43. The fourth-order valence-electron chi connectivity index (χ4n) is 1.80. The van der Waals surface area contributed by atoms with Gasteiger partial charge in [-0.15, -0.1) is 0 Å². The third-order valence-electron chi connectivity index (χ3n) is 3.24. The average molecular weight is 342 g/mol. The molecule has 4 N–H and O–H groups in total. The first-order chi connectivity index (χ1) is 11.4. The summed E-state index contributed by atoms with van der Waals surface area (Å²) in [5, 5.41) is 11.1. The SMILES string of the molecule is NC(CCCNC(=O)OCC=Cc1ccccc1)(C(=O)O)C(F)F. The van der Waals surface area contributed by atoms with E-state index in [0.717, 1.165) is 5.56 Å². The summed E-state index contributed by atoms with van der Waals surface area (Å²) in [7, 11) is 0. The molecule has 1 atom stereocenters. The van der Waals surface area contributed by atoms with Gasteiger partial charge in [-0.3, -0.25) is 0 Å². The lowest BCUT2D eigenvalue weighted by atomic mass is 9.95. The second-order valence-corrected chi connectivity index (χ2v) is 5.09. The summed E-state index contributed by atoms with van der Waals surface area (Å²) in [6.45, 7) is 0.0356. The predicted octanol–water partition coefficient (Wildman–Crippen LogP) is 2.25. The van der Waals surface area contributed by atoms with E-state index in [1.165, 1.54) is 0 Å². The molecular formula is C16H20F2N2O4. The number of carbonyl (C=O) groups excluding carboxylic acids is 1. The molecule has 1 aromatic carbocycles. The van der Waals surface area contributed by atoms with Gasteiger partial charge in [0.1, 0.15) is 6.61 Å². The first-order valence-electron chi connectivity index (χ1n) is 7.29. The van der Waals surface area contributed by atoms with Gasteiger partial charge in [0.05, 0.1) is 0 Å². The highest BCUT2D eigenvalue weighted by atomic mass is 19.3. The van der Waals surface area contributed by atoms with Crippen LogP contribution in [0.25, 0.3) is 6.08 Å². The number of nitrogens with one attached hydrogen (secondary N) is 1. The van der Waals surface area contributed by atoms with Crippen molar-refractivity contribution in [1.29, 1.82) is 0 Å². The number of carboxylic acid groups (broad SMARTS) is 1. The largest absolute Gasteiger partial charge is 0.480 e. The van der Waals surface area contributed by atoms with Crippen LogP contribution in [0, 0.1) is 0 Å². The normalized spacial score (nSPS) is 13.7. The van der Waals surface area contributed by atoms with Gasteiger partial charge in [0.25, 0.3) is 6.43 Å². The van der Waals surface area contributed by atoms with Gasteiger partial charge in [0, 0.05) is 6.54 Å². The molecule has 1 amide bonds. The first-order valence-corrected chi connectivity index (χ1v) is 7.29. The first kappa shape index (κ1) is 19.6. The molecule has 0 aliphatic carbocycles. The maximum Gasteiger partial charge on any atom is 0.407 e. The molecule has 1 unspecified atom stereocenters. The molecule has 0 aliphatic heterocycles. The summed E-state index contributed by atoms with van der Waals surface area (Å²) in [6, 6.07) is 9.42. The van der Waals surface area contributed by atoms with Crippen LogP contribution >= 0.6 is 0 Å². The lowest BCUT2D eigenvalue weighted by molar-refractivity contribution is -0.150. The van der Waals surface area contributed by atoms with Crippen LogP contribution in [0.5, 0.6) is 0 Å². The van der Waals surface area contributed by atoms with Crippen LogP contribution in [0.1, 0.15) is 18.4 Å². The minimum atomic E-state index is -3.19. The van der Waals surface area contributed by atoms with Gasteiger partial charge in [0.2, 0.25) is 0 Å². The topological polar surface area (TPSA) is 102 Å². The van der Waals surface area contributed by atoms with Crippen molar-refractivity contribution in [2.45, 2.75) is 24.8 Å². The lowest BCUT2D eigenvalue weighted by Gasteiger charge is -2.23. The average Bonchev–Trinajstić information content (AvgIpc) is 2.56. The fourth-order valence-corrected chi connectivity index (χ4v) is 1.80. The van der Waals surface area contributed by atoms with Gasteiger partial charge < -0.3 is 20.9 Å². The molecule has 0 radical (unpaired) electrons. The number of hydrogen-bond donors (Lipinski definition) is 3. The van der Waals surface area contributed by atoms with Gasteiger partial charge in [0.15, 0.2) is 5.54 Å². The molecule has 132 valence electrons. The zero-order valence-electron chi connectivity index (χ0n) is 13.0. The summed E-state index contributed by atoms with van der Waals surface area (Å²) >= 11 is 0. The molecule has 1 aromatic rings. The monoisotopic (exact) mass is 342 g/mol. The number of carbonyl (C=O) groups is 2. The van der Waals surface area contributed by atoms with Crippen LogP contribution in [0.2, 0.25) is 0 Å². The van der Waals surface area contributed by atoms with Crippen LogP contribution < -0.4 is 11.1 Å². The minimum Gasteiger partial charge on any atom is -0.480 e. The second-order valence-electron chi connectivity index (χ2n) is 5.09. The Bertz CT molecular complexity index is 566. The predicted molar refractivity (Wildman–Crippen MR) is 84.6 cm³/mol. The molecule has 6 nitrogen and oxygen atoms in total. The van der Waals surface area contributed by atoms with Crippen molar-refractivity contribution in [2.75, 3.05) is 13.2 Å². The Hall–Kier alpha value is -2.48. The minimum absolute atomic E-state index is 0.0118. The van der Waals surface area contributed by atoms with E-state index < -0.39 is 30.4 Å². The number of carboxylic acids is 1. The number of alkyl carbamates (subject to hydrolysis) is 1. The Balaban J connectivity index is 2.22. The third-order valence-corrected chi connectivity index (χ3v) is 3.24. The quantitative estimate of drug-likeness (QED) is 0.598. The maximum absolute atomic E-state index is 12.6. The molecule has 24 heavy (non-hydrogen) atoms. The van der Waals surface area contributed by atoms with Crippen molar-refractivity contribution in [3.63, 3.8) is 0 Å². The molecule has 0 saturated heterocycles. The molecule has 1 rings (SSSR count). The number of rotatable bonds is 9. The Kier molecular flexibility index (Phi) is 7.84. The lowest BCUT2D eigenvalue weighted by Crippen LogP contribution is -2.54. The van der Waals surface area contributed by atoms with Crippen molar-refractivity contribution >= 4 is 18.1 Å². The highest BCUT2D eigenvalue weighted by molar-refractivity contribution is 5.79. The number of benzene rings is 1. The molecule has 8 heteroatoms. The van der Waals surface area contributed by atoms with E-state index in [2.05, 4.69) is 5.32 Å².